The lowest BCUT2D eigenvalue weighted by molar-refractivity contribution is -0.118. The summed E-state index contributed by atoms with van der Waals surface area (Å²) in [4.78, 5) is 14.4. The van der Waals surface area contributed by atoms with E-state index in [4.69, 9.17) is 4.74 Å². The molecule has 0 saturated carbocycles. The molecule has 3 rings (SSSR count). The number of nitrogens with zero attached hydrogens (tertiary/aromatic N) is 1. The molecule has 1 N–H and O–H groups in total. The summed E-state index contributed by atoms with van der Waals surface area (Å²) in [7, 11) is 0. The Morgan fingerprint density at radius 2 is 2.00 bits per heavy atom. The molecule has 0 atom stereocenters. The number of hydrogen-bond donors (Lipinski definition) is 1. The molecule has 0 unspecified atom stereocenters. The van der Waals surface area contributed by atoms with Crippen LogP contribution in [-0.4, -0.2) is 25.6 Å². The zero-order valence-electron chi connectivity index (χ0n) is 13.7. The molecule has 24 heavy (non-hydrogen) atoms. The maximum Gasteiger partial charge on any atom is 0.262 e. The first-order chi connectivity index (χ1) is 11.6. The highest BCUT2D eigenvalue weighted by atomic mass is 19.1. The predicted octanol–water partition coefficient (Wildman–Crippen LogP) is 3.75. The highest BCUT2D eigenvalue weighted by Crippen LogP contribution is 2.25. The molecular formula is C19H21FN2O2. The lowest BCUT2D eigenvalue weighted by Crippen LogP contribution is -2.21. The quantitative estimate of drug-likeness (QED) is 0.909. The molecule has 1 saturated heterocycles. The van der Waals surface area contributed by atoms with E-state index in [1.807, 2.05) is 19.1 Å². The van der Waals surface area contributed by atoms with Gasteiger partial charge in [0.15, 0.2) is 6.61 Å². The Morgan fingerprint density at radius 1 is 1.21 bits per heavy atom. The number of hydrogen-bond acceptors (Lipinski definition) is 3. The van der Waals surface area contributed by atoms with E-state index in [1.54, 1.807) is 12.1 Å². The molecule has 1 fully saturated rings. The molecule has 0 radical (unpaired) electrons. The van der Waals surface area contributed by atoms with Gasteiger partial charge in [-0.15, -0.1) is 0 Å². The van der Waals surface area contributed by atoms with Crippen LogP contribution in [0.5, 0.6) is 5.75 Å². The zero-order chi connectivity index (χ0) is 16.9. The van der Waals surface area contributed by atoms with Crippen molar-refractivity contribution in [3.63, 3.8) is 0 Å². The number of aryl methyl sites for hydroxylation is 1. The van der Waals surface area contributed by atoms with Crippen LogP contribution in [-0.2, 0) is 4.79 Å². The van der Waals surface area contributed by atoms with Crippen molar-refractivity contribution in [1.29, 1.82) is 0 Å². The Kier molecular flexibility index (Phi) is 4.99. The lowest BCUT2D eigenvalue weighted by Gasteiger charge is -2.19. The fourth-order valence-electron chi connectivity index (χ4n) is 2.85. The van der Waals surface area contributed by atoms with Crippen molar-refractivity contribution in [1.82, 2.24) is 0 Å². The van der Waals surface area contributed by atoms with Crippen molar-refractivity contribution in [2.45, 2.75) is 19.8 Å². The highest BCUT2D eigenvalue weighted by molar-refractivity contribution is 5.92. The van der Waals surface area contributed by atoms with Crippen LogP contribution in [0, 0.1) is 12.7 Å². The summed E-state index contributed by atoms with van der Waals surface area (Å²) < 4.78 is 18.4. The number of anilines is 2. The third-order valence-corrected chi connectivity index (χ3v) is 4.12. The fourth-order valence-corrected chi connectivity index (χ4v) is 2.85. The van der Waals surface area contributed by atoms with Gasteiger partial charge in [0.2, 0.25) is 0 Å². The van der Waals surface area contributed by atoms with Gasteiger partial charge in [-0.25, -0.2) is 4.39 Å². The Hall–Kier alpha value is -2.56. The number of carbonyl (C=O) groups is 1. The largest absolute Gasteiger partial charge is 0.484 e. The molecule has 5 heteroatoms. The van der Waals surface area contributed by atoms with E-state index in [1.165, 1.54) is 30.7 Å². The average Bonchev–Trinajstić information content (AvgIpc) is 3.09. The van der Waals surface area contributed by atoms with Gasteiger partial charge in [0.1, 0.15) is 11.6 Å². The van der Waals surface area contributed by atoms with Gasteiger partial charge in [-0.3, -0.25) is 4.79 Å². The maximum absolute atomic E-state index is 13.1. The number of ether oxygens (including phenoxy) is 1. The Morgan fingerprint density at radius 3 is 2.71 bits per heavy atom. The molecule has 0 bridgehead atoms. The van der Waals surface area contributed by atoms with Gasteiger partial charge in [0, 0.05) is 30.5 Å². The van der Waals surface area contributed by atoms with Crippen molar-refractivity contribution in [3.8, 4) is 5.75 Å². The Balaban J connectivity index is 1.57. The van der Waals surface area contributed by atoms with Gasteiger partial charge < -0.3 is 15.0 Å². The summed E-state index contributed by atoms with van der Waals surface area (Å²) in [6.07, 6.45) is 2.46. The first-order valence-corrected chi connectivity index (χ1v) is 8.15. The minimum Gasteiger partial charge on any atom is -0.484 e. The van der Waals surface area contributed by atoms with Crippen LogP contribution >= 0.6 is 0 Å². The number of benzene rings is 2. The Bertz CT molecular complexity index is 727. The van der Waals surface area contributed by atoms with Gasteiger partial charge in [-0.1, -0.05) is 6.07 Å². The molecule has 2 aromatic carbocycles. The molecule has 1 aliphatic rings. The number of amides is 1. The van der Waals surface area contributed by atoms with Crippen molar-refractivity contribution in [3.05, 3.63) is 53.8 Å². The van der Waals surface area contributed by atoms with E-state index < -0.39 is 0 Å². The average molecular weight is 328 g/mol. The number of carbonyl (C=O) groups excluding carboxylic acids is 1. The summed E-state index contributed by atoms with van der Waals surface area (Å²) >= 11 is 0. The second-order valence-corrected chi connectivity index (χ2v) is 5.99. The van der Waals surface area contributed by atoms with Crippen LogP contribution in [0.1, 0.15) is 18.4 Å². The first kappa shape index (κ1) is 16.3. The van der Waals surface area contributed by atoms with Crippen LogP contribution in [0.2, 0.25) is 0 Å². The number of halogens is 1. The van der Waals surface area contributed by atoms with Crippen molar-refractivity contribution in [2.75, 3.05) is 29.9 Å². The molecule has 126 valence electrons. The van der Waals surface area contributed by atoms with Gasteiger partial charge >= 0.3 is 0 Å². The fraction of sp³-hybridized carbons (Fsp3) is 0.316. The molecule has 1 aliphatic heterocycles. The Labute approximate surface area is 141 Å². The van der Waals surface area contributed by atoms with E-state index in [9.17, 15) is 9.18 Å². The summed E-state index contributed by atoms with van der Waals surface area (Å²) in [5.41, 5.74) is 2.98. The van der Waals surface area contributed by atoms with E-state index in [2.05, 4.69) is 16.3 Å². The monoisotopic (exact) mass is 328 g/mol. The maximum atomic E-state index is 13.1. The van der Waals surface area contributed by atoms with Crippen LogP contribution in [0.3, 0.4) is 0 Å². The van der Waals surface area contributed by atoms with Crippen molar-refractivity contribution < 1.29 is 13.9 Å². The van der Waals surface area contributed by atoms with E-state index in [-0.39, 0.29) is 18.3 Å². The molecule has 0 aromatic heterocycles. The normalized spacial score (nSPS) is 13.8. The summed E-state index contributed by atoms with van der Waals surface area (Å²) in [5.74, 6) is -0.316. The first-order valence-electron chi connectivity index (χ1n) is 8.15. The molecule has 1 heterocycles. The van der Waals surface area contributed by atoms with Gasteiger partial charge in [0.05, 0.1) is 0 Å². The SMILES string of the molecule is Cc1cc(N2CCCC2)ccc1NC(=O)COc1cccc(F)c1. The predicted molar refractivity (Wildman–Crippen MR) is 93.2 cm³/mol. The third-order valence-electron chi connectivity index (χ3n) is 4.12. The van der Waals surface area contributed by atoms with Crippen molar-refractivity contribution in [2.24, 2.45) is 0 Å². The molecular weight excluding hydrogens is 307 g/mol. The summed E-state index contributed by atoms with van der Waals surface area (Å²) in [6, 6.07) is 11.8. The van der Waals surface area contributed by atoms with Gasteiger partial charge in [-0.05, 0) is 55.7 Å². The van der Waals surface area contributed by atoms with E-state index in [0.29, 0.717) is 5.75 Å². The molecule has 0 aliphatic carbocycles. The highest BCUT2D eigenvalue weighted by Gasteiger charge is 2.13. The van der Waals surface area contributed by atoms with Crippen molar-refractivity contribution >= 4 is 17.3 Å². The standard InChI is InChI=1S/C19H21FN2O2/c1-14-11-16(22-9-2-3-10-22)7-8-18(14)21-19(23)13-24-17-6-4-5-15(20)12-17/h4-8,11-12H,2-3,9-10,13H2,1H3,(H,21,23). The number of nitrogens with one attached hydrogen (secondary N) is 1. The molecule has 1 amide bonds. The topological polar surface area (TPSA) is 41.6 Å². The summed E-state index contributed by atoms with van der Waals surface area (Å²) in [5, 5.41) is 2.84. The minimum absolute atomic E-state index is 0.156. The zero-order valence-corrected chi connectivity index (χ0v) is 13.7. The lowest BCUT2D eigenvalue weighted by atomic mass is 10.1. The smallest absolute Gasteiger partial charge is 0.262 e. The van der Waals surface area contributed by atoms with Crippen LogP contribution in [0.25, 0.3) is 0 Å². The van der Waals surface area contributed by atoms with Gasteiger partial charge in [-0.2, -0.15) is 0 Å². The number of rotatable bonds is 5. The van der Waals surface area contributed by atoms with Crippen LogP contribution in [0.4, 0.5) is 15.8 Å². The second-order valence-electron chi connectivity index (χ2n) is 5.99. The molecule has 0 spiro atoms. The second kappa shape index (κ2) is 7.34. The van der Waals surface area contributed by atoms with Crippen LogP contribution in [0.15, 0.2) is 42.5 Å². The van der Waals surface area contributed by atoms with E-state index in [0.717, 1.165) is 24.3 Å². The van der Waals surface area contributed by atoms with E-state index >= 15 is 0 Å². The van der Waals surface area contributed by atoms with Gasteiger partial charge in [0.25, 0.3) is 5.91 Å². The molecule has 4 nitrogen and oxygen atoms in total. The summed E-state index contributed by atoms with van der Waals surface area (Å²) in [6.45, 7) is 4.00. The third kappa shape index (κ3) is 4.04. The van der Waals surface area contributed by atoms with Crippen LogP contribution < -0.4 is 15.0 Å². The minimum atomic E-state index is -0.388. The molecule has 2 aromatic rings.